The average Bonchev–Trinajstić information content (AvgIpc) is 3.12. The molecule has 0 amide bonds. The van der Waals surface area contributed by atoms with Gasteiger partial charge >= 0.3 is 0 Å². The fraction of sp³-hybridized carbons (Fsp3) is 0.462. The van der Waals surface area contributed by atoms with E-state index in [2.05, 4.69) is 36.8 Å². The summed E-state index contributed by atoms with van der Waals surface area (Å²) in [5, 5.41) is 3.14. The van der Waals surface area contributed by atoms with Crippen LogP contribution in [0.15, 0.2) is 22.1 Å². The third-order valence-electron chi connectivity index (χ3n) is 3.66. The first-order valence-corrected chi connectivity index (χ1v) is 9.59. The van der Waals surface area contributed by atoms with Crippen molar-refractivity contribution in [1.82, 2.24) is 9.88 Å². The van der Waals surface area contributed by atoms with Crippen LogP contribution in [0.5, 0.6) is 0 Å². The number of thiazole rings is 1. The van der Waals surface area contributed by atoms with E-state index in [1.54, 1.807) is 22.7 Å². The molecule has 4 nitrogen and oxygen atoms in total. The first kappa shape index (κ1) is 15.7. The van der Waals surface area contributed by atoms with E-state index in [0.29, 0.717) is 6.54 Å². The highest BCUT2D eigenvalue weighted by molar-refractivity contribution is 9.10. The van der Waals surface area contributed by atoms with Crippen molar-refractivity contribution >= 4 is 55.3 Å². The fourth-order valence-electron chi connectivity index (χ4n) is 2.57. The number of nitrogens with two attached hydrogens (primary N) is 1. The smallest absolute Gasteiger partial charge is 0.185 e. The molecule has 0 saturated carbocycles. The lowest BCUT2D eigenvalue weighted by atomic mass is 10.1. The number of hydrogen-bond donors (Lipinski definition) is 1. The van der Waals surface area contributed by atoms with Gasteiger partial charge in [-0.3, -0.25) is 4.90 Å². The van der Waals surface area contributed by atoms with E-state index >= 15 is 0 Å². The highest BCUT2D eigenvalue weighted by Crippen LogP contribution is 2.37. The van der Waals surface area contributed by atoms with Crippen LogP contribution in [0.4, 0.5) is 5.13 Å². The Morgan fingerprint density at radius 1 is 1.38 bits per heavy atom. The molecule has 2 aromatic rings. The first-order chi connectivity index (χ1) is 10.2. The molecule has 0 aliphatic carbocycles. The Morgan fingerprint density at radius 2 is 2.14 bits per heavy atom. The lowest BCUT2D eigenvalue weighted by Crippen LogP contribution is -2.49. The van der Waals surface area contributed by atoms with Crippen LogP contribution < -0.4 is 10.6 Å². The Morgan fingerprint density at radius 3 is 2.67 bits per heavy atom. The molecule has 1 atom stereocenters. The Kier molecular flexibility index (Phi) is 5.19. The SMILES string of the molecule is NCC(c1cc(Br)c(Cl)s1)N1CCN(c2nccs2)CC1. The van der Waals surface area contributed by atoms with Crippen molar-refractivity contribution in [3.05, 3.63) is 31.3 Å². The zero-order valence-corrected chi connectivity index (χ0v) is 15.3. The number of aromatic nitrogens is 1. The second kappa shape index (κ2) is 6.93. The minimum absolute atomic E-state index is 0.247. The van der Waals surface area contributed by atoms with Gasteiger partial charge < -0.3 is 10.6 Å². The molecule has 114 valence electrons. The molecule has 2 aromatic heterocycles. The molecule has 0 spiro atoms. The van der Waals surface area contributed by atoms with Crippen molar-refractivity contribution in [2.45, 2.75) is 6.04 Å². The number of nitrogens with zero attached hydrogens (tertiary/aromatic N) is 3. The van der Waals surface area contributed by atoms with E-state index in [4.69, 9.17) is 17.3 Å². The predicted octanol–water partition coefficient (Wildman–Crippen LogP) is 3.44. The zero-order chi connectivity index (χ0) is 14.8. The van der Waals surface area contributed by atoms with Gasteiger partial charge in [0.15, 0.2) is 5.13 Å². The Labute approximate surface area is 145 Å². The molecule has 21 heavy (non-hydrogen) atoms. The van der Waals surface area contributed by atoms with Crippen LogP contribution in [0.2, 0.25) is 4.34 Å². The third-order valence-corrected chi connectivity index (χ3v) is 7.07. The highest BCUT2D eigenvalue weighted by Gasteiger charge is 2.26. The standard InChI is InChI=1S/C13H16BrClN4S2/c14-9-7-11(21-12(9)15)10(8-16)18-2-4-19(5-3-18)13-17-1-6-20-13/h1,6-7,10H,2-5,8,16H2. The van der Waals surface area contributed by atoms with Gasteiger partial charge in [-0.2, -0.15) is 0 Å². The van der Waals surface area contributed by atoms with E-state index in [9.17, 15) is 0 Å². The summed E-state index contributed by atoms with van der Waals surface area (Å²) in [4.78, 5) is 10.4. The normalized spacial score (nSPS) is 18.1. The molecular formula is C13H16BrClN4S2. The van der Waals surface area contributed by atoms with Crippen LogP contribution in [0.25, 0.3) is 0 Å². The summed E-state index contributed by atoms with van der Waals surface area (Å²) in [6, 6.07) is 2.34. The van der Waals surface area contributed by atoms with Gasteiger partial charge in [-0.1, -0.05) is 11.6 Å². The summed E-state index contributed by atoms with van der Waals surface area (Å²) in [5.74, 6) is 0. The topological polar surface area (TPSA) is 45.4 Å². The second-order valence-corrected chi connectivity index (χ2v) is 8.27. The number of thiophene rings is 1. The molecule has 0 aromatic carbocycles. The van der Waals surface area contributed by atoms with E-state index in [0.717, 1.165) is 40.1 Å². The molecule has 0 bridgehead atoms. The van der Waals surface area contributed by atoms with Crippen molar-refractivity contribution in [1.29, 1.82) is 0 Å². The van der Waals surface area contributed by atoms with Gasteiger partial charge in [0.1, 0.15) is 4.34 Å². The summed E-state index contributed by atoms with van der Waals surface area (Å²) in [5.41, 5.74) is 6.01. The molecule has 1 saturated heterocycles. The maximum atomic E-state index is 6.16. The minimum Gasteiger partial charge on any atom is -0.346 e. The van der Waals surface area contributed by atoms with Crippen LogP contribution in [-0.2, 0) is 0 Å². The van der Waals surface area contributed by atoms with Crippen LogP contribution >= 0.6 is 50.2 Å². The number of hydrogen-bond acceptors (Lipinski definition) is 6. The van der Waals surface area contributed by atoms with Crippen molar-refractivity contribution in [2.24, 2.45) is 5.73 Å². The van der Waals surface area contributed by atoms with Gasteiger partial charge in [0.05, 0.1) is 6.04 Å². The number of halogens is 2. The Hall–Kier alpha value is -0.180. The monoisotopic (exact) mass is 406 g/mol. The molecular weight excluding hydrogens is 392 g/mol. The van der Waals surface area contributed by atoms with Gasteiger partial charge in [0.25, 0.3) is 0 Å². The van der Waals surface area contributed by atoms with Crippen LogP contribution in [0.3, 0.4) is 0 Å². The quantitative estimate of drug-likeness (QED) is 0.843. The van der Waals surface area contributed by atoms with E-state index in [1.807, 2.05) is 11.6 Å². The average molecular weight is 408 g/mol. The van der Waals surface area contributed by atoms with Crippen molar-refractivity contribution < 1.29 is 0 Å². The molecule has 1 aliphatic rings. The van der Waals surface area contributed by atoms with Crippen LogP contribution in [0.1, 0.15) is 10.9 Å². The van der Waals surface area contributed by atoms with Gasteiger partial charge in [0.2, 0.25) is 0 Å². The van der Waals surface area contributed by atoms with Crippen molar-refractivity contribution in [3.8, 4) is 0 Å². The maximum Gasteiger partial charge on any atom is 0.185 e. The molecule has 3 heterocycles. The number of piperazine rings is 1. The highest BCUT2D eigenvalue weighted by atomic mass is 79.9. The largest absolute Gasteiger partial charge is 0.346 e. The minimum atomic E-state index is 0.247. The van der Waals surface area contributed by atoms with Crippen molar-refractivity contribution in [3.63, 3.8) is 0 Å². The molecule has 1 aliphatic heterocycles. The van der Waals surface area contributed by atoms with Crippen LogP contribution in [0, 0.1) is 0 Å². The molecule has 0 radical (unpaired) electrons. The molecule has 2 N–H and O–H groups in total. The summed E-state index contributed by atoms with van der Waals surface area (Å²) in [6.45, 7) is 4.58. The number of anilines is 1. The summed E-state index contributed by atoms with van der Waals surface area (Å²) < 4.78 is 1.76. The predicted molar refractivity (Wildman–Crippen MR) is 94.7 cm³/mol. The summed E-state index contributed by atoms with van der Waals surface area (Å²) >= 11 is 12.9. The van der Waals surface area contributed by atoms with Gasteiger partial charge in [0, 0.05) is 53.7 Å². The zero-order valence-electron chi connectivity index (χ0n) is 11.3. The van der Waals surface area contributed by atoms with Crippen LogP contribution in [-0.4, -0.2) is 42.6 Å². The summed E-state index contributed by atoms with van der Waals surface area (Å²) in [7, 11) is 0. The van der Waals surface area contributed by atoms with Gasteiger partial charge in [-0.05, 0) is 22.0 Å². The third kappa shape index (κ3) is 3.43. The Balaban J connectivity index is 1.67. The molecule has 3 rings (SSSR count). The summed E-state index contributed by atoms with van der Waals surface area (Å²) in [6.07, 6.45) is 1.86. The number of rotatable bonds is 4. The fourth-order valence-corrected chi connectivity index (χ4v) is 5.15. The first-order valence-electron chi connectivity index (χ1n) is 6.72. The Bertz CT molecular complexity index is 562. The molecule has 1 fully saturated rings. The maximum absolute atomic E-state index is 6.16. The lowest BCUT2D eigenvalue weighted by Gasteiger charge is -2.38. The lowest BCUT2D eigenvalue weighted by molar-refractivity contribution is 0.193. The molecule has 8 heteroatoms. The second-order valence-electron chi connectivity index (χ2n) is 4.86. The van der Waals surface area contributed by atoms with E-state index in [-0.39, 0.29) is 6.04 Å². The van der Waals surface area contributed by atoms with E-state index < -0.39 is 0 Å². The van der Waals surface area contributed by atoms with Crippen molar-refractivity contribution in [2.75, 3.05) is 37.6 Å². The van der Waals surface area contributed by atoms with Gasteiger partial charge in [-0.25, -0.2) is 4.98 Å². The van der Waals surface area contributed by atoms with E-state index in [1.165, 1.54) is 4.88 Å². The molecule has 1 unspecified atom stereocenters. The van der Waals surface area contributed by atoms with Gasteiger partial charge in [-0.15, -0.1) is 22.7 Å².